The Hall–Kier alpha value is -2.37. The minimum Gasteiger partial charge on any atom is -0.462 e. The van der Waals surface area contributed by atoms with Crippen molar-refractivity contribution >= 4 is 17.9 Å². The Bertz CT molecular complexity index is 1300. The first-order chi connectivity index (χ1) is 38.5. The Balaban J connectivity index is 4.09. The van der Waals surface area contributed by atoms with Gasteiger partial charge in [0.1, 0.15) is 13.2 Å². The van der Waals surface area contributed by atoms with Crippen LogP contribution in [-0.2, 0) is 28.6 Å². The molecule has 0 heterocycles. The zero-order chi connectivity index (χ0) is 56.4. The summed E-state index contributed by atoms with van der Waals surface area (Å²) in [6, 6.07) is 0. The highest BCUT2D eigenvalue weighted by Gasteiger charge is 2.19. The number of allylic oxidation sites excluding steroid dienone is 6. The Labute approximate surface area is 486 Å². The van der Waals surface area contributed by atoms with Gasteiger partial charge in [0.15, 0.2) is 6.10 Å². The molecule has 458 valence electrons. The third-order valence-electron chi connectivity index (χ3n) is 15.9. The molecular weight excluding hydrogens is 961 g/mol. The van der Waals surface area contributed by atoms with Crippen molar-refractivity contribution < 1.29 is 28.6 Å². The van der Waals surface area contributed by atoms with E-state index in [1.807, 2.05) is 0 Å². The van der Waals surface area contributed by atoms with E-state index in [4.69, 9.17) is 14.2 Å². The molecule has 0 N–H and O–H groups in total. The van der Waals surface area contributed by atoms with E-state index in [9.17, 15) is 14.4 Å². The van der Waals surface area contributed by atoms with Crippen molar-refractivity contribution in [2.75, 3.05) is 13.2 Å². The quantitative estimate of drug-likeness (QED) is 0.0261. The number of ether oxygens (including phenoxy) is 3. The lowest BCUT2D eigenvalue weighted by atomic mass is 10.0. The van der Waals surface area contributed by atoms with E-state index < -0.39 is 6.10 Å². The van der Waals surface area contributed by atoms with Gasteiger partial charge in [0.05, 0.1) is 0 Å². The Morgan fingerprint density at radius 3 is 0.744 bits per heavy atom. The van der Waals surface area contributed by atoms with Crippen LogP contribution in [0.15, 0.2) is 36.5 Å². The maximum Gasteiger partial charge on any atom is 0.306 e. The van der Waals surface area contributed by atoms with Gasteiger partial charge in [-0.3, -0.25) is 14.4 Å². The predicted octanol–water partition coefficient (Wildman–Crippen LogP) is 23.9. The van der Waals surface area contributed by atoms with Gasteiger partial charge in [-0.25, -0.2) is 0 Å². The second kappa shape index (κ2) is 67.1. The average Bonchev–Trinajstić information content (AvgIpc) is 3.44. The molecule has 1 atom stereocenters. The van der Waals surface area contributed by atoms with Gasteiger partial charge in [-0.1, -0.05) is 327 Å². The summed E-state index contributed by atoms with van der Waals surface area (Å²) in [6.07, 6.45) is 83.3. The molecule has 0 fully saturated rings. The molecule has 0 spiro atoms. The first kappa shape index (κ1) is 75.6. The van der Waals surface area contributed by atoms with Crippen molar-refractivity contribution in [1.29, 1.82) is 0 Å². The minimum atomic E-state index is -0.771. The highest BCUT2D eigenvalue weighted by atomic mass is 16.6. The standard InChI is InChI=1S/C72H134O6/c1-4-7-10-13-16-19-22-24-26-28-30-31-32-33-34-35-36-37-38-39-40-41-43-44-46-48-50-53-56-59-62-65-71(74)77-68-69(67-76-70(73)64-61-58-55-52-21-18-15-12-9-6-3)78-72(75)66-63-60-57-54-51-49-47-45-42-29-27-25-23-20-17-14-11-8-5-2/h17,20,25,27-28,30,69H,4-16,18-19,21-24,26,29,31-68H2,1-3H3/b20-17-,27-25-,30-28-. The second-order valence-corrected chi connectivity index (χ2v) is 23.8. The average molecular weight is 1100 g/mol. The van der Waals surface area contributed by atoms with Crippen LogP contribution >= 0.6 is 0 Å². The molecule has 0 bridgehead atoms. The van der Waals surface area contributed by atoms with E-state index in [1.165, 1.54) is 283 Å². The van der Waals surface area contributed by atoms with Crippen molar-refractivity contribution in [3.8, 4) is 0 Å². The molecule has 6 nitrogen and oxygen atoms in total. The van der Waals surface area contributed by atoms with Gasteiger partial charge in [0.25, 0.3) is 0 Å². The van der Waals surface area contributed by atoms with Crippen molar-refractivity contribution in [2.45, 2.75) is 393 Å². The Morgan fingerprint density at radius 1 is 0.256 bits per heavy atom. The number of rotatable bonds is 65. The van der Waals surface area contributed by atoms with Crippen molar-refractivity contribution in [3.63, 3.8) is 0 Å². The molecule has 0 aliphatic heterocycles. The molecule has 78 heavy (non-hydrogen) atoms. The zero-order valence-electron chi connectivity index (χ0n) is 52.7. The lowest BCUT2D eigenvalue weighted by Crippen LogP contribution is -2.30. The number of carbonyl (C=O) groups excluding carboxylic acids is 3. The maximum absolute atomic E-state index is 12.9. The summed E-state index contributed by atoms with van der Waals surface area (Å²) in [4.78, 5) is 38.3. The topological polar surface area (TPSA) is 78.9 Å². The Kier molecular flexibility index (Phi) is 65.1. The van der Waals surface area contributed by atoms with Gasteiger partial charge < -0.3 is 14.2 Å². The van der Waals surface area contributed by atoms with Crippen LogP contribution in [0.3, 0.4) is 0 Å². The molecule has 0 aliphatic rings. The number of hydrogen-bond acceptors (Lipinski definition) is 6. The second-order valence-electron chi connectivity index (χ2n) is 23.8. The molecule has 0 aromatic heterocycles. The number of carbonyl (C=O) groups is 3. The molecule has 0 amide bonds. The van der Waals surface area contributed by atoms with Gasteiger partial charge in [0, 0.05) is 19.3 Å². The van der Waals surface area contributed by atoms with Crippen LogP contribution in [0.4, 0.5) is 0 Å². The molecule has 0 rings (SSSR count). The summed E-state index contributed by atoms with van der Waals surface area (Å²) < 4.78 is 16.9. The first-order valence-electron chi connectivity index (χ1n) is 35.0. The molecule has 1 unspecified atom stereocenters. The van der Waals surface area contributed by atoms with Crippen LogP contribution in [0.2, 0.25) is 0 Å². The fourth-order valence-electron chi connectivity index (χ4n) is 10.6. The van der Waals surface area contributed by atoms with Crippen LogP contribution in [0.5, 0.6) is 0 Å². The summed E-state index contributed by atoms with van der Waals surface area (Å²) in [5, 5.41) is 0. The van der Waals surface area contributed by atoms with Crippen molar-refractivity contribution in [2.24, 2.45) is 0 Å². The molecule has 6 heteroatoms. The fourth-order valence-corrected chi connectivity index (χ4v) is 10.6. The van der Waals surface area contributed by atoms with Crippen LogP contribution < -0.4 is 0 Å². The predicted molar refractivity (Wildman–Crippen MR) is 339 cm³/mol. The third-order valence-corrected chi connectivity index (χ3v) is 15.9. The summed E-state index contributed by atoms with van der Waals surface area (Å²) in [5.41, 5.74) is 0. The number of hydrogen-bond donors (Lipinski definition) is 0. The molecule has 0 saturated heterocycles. The summed E-state index contributed by atoms with van der Waals surface area (Å²) in [7, 11) is 0. The van der Waals surface area contributed by atoms with E-state index in [1.54, 1.807) is 0 Å². The zero-order valence-corrected chi connectivity index (χ0v) is 52.7. The van der Waals surface area contributed by atoms with Crippen LogP contribution in [0.1, 0.15) is 387 Å². The third kappa shape index (κ3) is 64.5. The van der Waals surface area contributed by atoms with Crippen molar-refractivity contribution in [3.05, 3.63) is 36.5 Å². The maximum atomic E-state index is 12.9. The van der Waals surface area contributed by atoms with Gasteiger partial charge >= 0.3 is 17.9 Å². The number of unbranched alkanes of at least 4 members (excludes halogenated alkanes) is 48. The van der Waals surface area contributed by atoms with E-state index in [0.29, 0.717) is 19.3 Å². The monoisotopic (exact) mass is 1100 g/mol. The molecular formula is C72H134O6. The smallest absolute Gasteiger partial charge is 0.306 e. The van der Waals surface area contributed by atoms with Gasteiger partial charge in [-0.05, 0) is 77.0 Å². The summed E-state index contributed by atoms with van der Waals surface area (Å²) in [6.45, 7) is 6.66. The molecule has 0 aromatic rings. The van der Waals surface area contributed by atoms with Crippen LogP contribution in [-0.4, -0.2) is 37.2 Å². The first-order valence-corrected chi connectivity index (χ1v) is 35.0. The summed E-state index contributed by atoms with van der Waals surface area (Å²) >= 11 is 0. The van der Waals surface area contributed by atoms with Gasteiger partial charge in [0.2, 0.25) is 0 Å². The van der Waals surface area contributed by atoms with E-state index in [0.717, 1.165) is 64.2 Å². The normalized spacial score (nSPS) is 12.2. The van der Waals surface area contributed by atoms with Crippen LogP contribution in [0.25, 0.3) is 0 Å². The lowest BCUT2D eigenvalue weighted by Gasteiger charge is -2.18. The summed E-state index contributed by atoms with van der Waals surface area (Å²) in [5.74, 6) is -0.849. The van der Waals surface area contributed by atoms with Crippen molar-refractivity contribution in [1.82, 2.24) is 0 Å². The molecule has 0 saturated carbocycles. The highest BCUT2D eigenvalue weighted by Crippen LogP contribution is 2.18. The number of esters is 3. The SMILES string of the molecule is CCCCC/C=C\C/C=C\CCCCCCCCCCCC(=O)OC(COC(=O)CCCCCCCCCCCC)COC(=O)CCCCCCCCCCCCCCCCCCCCC/C=C\CCCCCCCCCC. The van der Waals surface area contributed by atoms with E-state index >= 15 is 0 Å². The lowest BCUT2D eigenvalue weighted by molar-refractivity contribution is -0.167. The molecule has 0 radical (unpaired) electrons. The van der Waals surface area contributed by atoms with E-state index in [2.05, 4.69) is 57.2 Å². The molecule has 0 aromatic carbocycles. The highest BCUT2D eigenvalue weighted by molar-refractivity contribution is 5.71. The largest absolute Gasteiger partial charge is 0.462 e. The van der Waals surface area contributed by atoms with E-state index in [-0.39, 0.29) is 31.1 Å². The van der Waals surface area contributed by atoms with Gasteiger partial charge in [-0.2, -0.15) is 0 Å². The van der Waals surface area contributed by atoms with Gasteiger partial charge in [-0.15, -0.1) is 0 Å². The Morgan fingerprint density at radius 2 is 0.462 bits per heavy atom. The van der Waals surface area contributed by atoms with Crippen LogP contribution in [0, 0.1) is 0 Å². The minimum absolute atomic E-state index is 0.0685. The fraction of sp³-hybridized carbons (Fsp3) is 0.875. The molecule has 0 aliphatic carbocycles.